The van der Waals surface area contributed by atoms with Gasteiger partial charge >= 0.3 is 0 Å². The first-order valence-electron chi connectivity index (χ1n) is 2.87. The molecular formula is C5H14N2O. The van der Waals surface area contributed by atoms with E-state index >= 15 is 0 Å². The van der Waals surface area contributed by atoms with E-state index in [1.807, 2.05) is 0 Å². The highest BCUT2D eigenvalue weighted by Gasteiger charge is 1.90. The fourth-order valence-electron chi connectivity index (χ4n) is 0.405. The van der Waals surface area contributed by atoms with Gasteiger partial charge in [-0.1, -0.05) is 13.3 Å². The Bertz CT molecular complexity index is 49.7. The van der Waals surface area contributed by atoms with E-state index in [0.717, 1.165) is 19.4 Å². The van der Waals surface area contributed by atoms with Gasteiger partial charge in [-0.25, -0.2) is 5.84 Å². The molecule has 3 heteroatoms. The van der Waals surface area contributed by atoms with Crippen LogP contribution in [0.1, 0.15) is 19.8 Å². The molecule has 0 spiro atoms. The van der Waals surface area contributed by atoms with Crippen molar-refractivity contribution in [2.24, 2.45) is 5.84 Å². The predicted molar refractivity (Wildman–Crippen MR) is 32.8 cm³/mol. The zero-order chi connectivity index (χ0) is 6.41. The molecule has 0 heterocycles. The van der Waals surface area contributed by atoms with Crippen molar-refractivity contribution in [3.63, 3.8) is 0 Å². The van der Waals surface area contributed by atoms with Crippen LogP contribution in [0, 0.1) is 0 Å². The molecule has 2 N–H and O–H groups in total. The summed E-state index contributed by atoms with van der Waals surface area (Å²) in [6.45, 7) is 2.93. The molecule has 0 aromatic heterocycles. The molecule has 0 aromatic carbocycles. The van der Waals surface area contributed by atoms with Gasteiger partial charge in [0, 0.05) is 6.54 Å². The van der Waals surface area contributed by atoms with Gasteiger partial charge in [0.05, 0.1) is 7.11 Å². The maximum Gasteiger partial charge on any atom is 0.0591 e. The molecule has 0 atom stereocenters. The Kier molecular flexibility index (Phi) is 4.95. The van der Waals surface area contributed by atoms with E-state index in [1.165, 1.54) is 5.17 Å². The monoisotopic (exact) mass is 118 g/mol. The Hall–Kier alpha value is -0.120. The summed E-state index contributed by atoms with van der Waals surface area (Å²) in [5.41, 5.74) is 0. The Morgan fingerprint density at radius 3 is 2.62 bits per heavy atom. The van der Waals surface area contributed by atoms with E-state index in [1.54, 1.807) is 7.11 Å². The van der Waals surface area contributed by atoms with Gasteiger partial charge in [-0.05, 0) is 6.42 Å². The number of hydrogen-bond acceptors (Lipinski definition) is 3. The second-order valence-corrected chi connectivity index (χ2v) is 1.68. The molecule has 0 aliphatic carbocycles. The molecule has 0 saturated carbocycles. The second-order valence-electron chi connectivity index (χ2n) is 1.68. The van der Waals surface area contributed by atoms with Crippen molar-refractivity contribution in [2.45, 2.75) is 19.8 Å². The van der Waals surface area contributed by atoms with Crippen molar-refractivity contribution >= 4 is 0 Å². The van der Waals surface area contributed by atoms with Crippen molar-refractivity contribution in [3.05, 3.63) is 0 Å². The third kappa shape index (κ3) is 4.05. The van der Waals surface area contributed by atoms with Gasteiger partial charge in [0.25, 0.3) is 0 Å². The Morgan fingerprint density at radius 2 is 2.25 bits per heavy atom. The maximum absolute atomic E-state index is 5.27. The first-order chi connectivity index (χ1) is 3.81. The summed E-state index contributed by atoms with van der Waals surface area (Å²) in [6.07, 6.45) is 2.24. The number of unbranched alkanes of at least 4 members (excludes halogenated alkanes) is 1. The number of nitrogens with two attached hydrogens (primary N) is 1. The van der Waals surface area contributed by atoms with E-state index in [4.69, 9.17) is 5.84 Å². The molecule has 3 nitrogen and oxygen atoms in total. The smallest absolute Gasteiger partial charge is 0.0591 e. The summed E-state index contributed by atoms with van der Waals surface area (Å²) < 4.78 is 0. The zero-order valence-corrected chi connectivity index (χ0v) is 5.55. The van der Waals surface area contributed by atoms with Crippen molar-refractivity contribution < 1.29 is 4.84 Å². The summed E-state index contributed by atoms with van der Waals surface area (Å²) in [6, 6.07) is 0. The molecule has 0 amide bonds. The Morgan fingerprint density at radius 1 is 1.62 bits per heavy atom. The predicted octanol–water partition coefficient (Wildman–Crippen LogP) is 0.524. The number of hydroxylamine groups is 1. The highest BCUT2D eigenvalue weighted by Crippen LogP contribution is 1.87. The molecule has 0 aliphatic heterocycles. The average molecular weight is 118 g/mol. The molecular weight excluding hydrogens is 104 g/mol. The van der Waals surface area contributed by atoms with Crippen LogP contribution in [0.5, 0.6) is 0 Å². The zero-order valence-electron chi connectivity index (χ0n) is 5.55. The van der Waals surface area contributed by atoms with Crippen LogP contribution < -0.4 is 5.84 Å². The molecule has 0 unspecified atom stereocenters. The lowest BCUT2D eigenvalue weighted by molar-refractivity contribution is -0.134. The molecule has 50 valence electrons. The minimum Gasteiger partial charge on any atom is -0.288 e. The van der Waals surface area contributed by atoms with Crippen LogP contribution in [0.2, 0.25) is 0 Å². The number of rotatable bonds is 4. The Labute approximate surface area is 50.3 Å². The van der Waals surface area contributed by atoms with Crippen LogP contribution in [0.4, 0.5) is 0 Å². The highest BCUT2D eigenvalue weighted by atomic mass is 16.7. The van der Waals surface area contributed by atoms with Crippen LogP contribution in [0.15, 0.2) is 0 Å². The lowest BCUT2D eigenvalue weighted by Crippen LogP contribution is -2.30. The van der Waals surface area contributed by atoms with Gasteiger partial charge in [-0.2, -0.15) is 0 Å². The molecule has 0 aromatic rings. The molecule has 0 saturated heterocycles. The van der Waals surface area contributed by atoms with E-state index in [2.05, 4.69) is 11.8 Å². The lowest BCUT2D eigenvalue weighted by Gasteiger charge is -2.10. The first-order valence-corrected chi connectivity index (χ1v) is 2.87. The van der Waals surface area contributed by atoms with Crippen molar-refractivity contribution in [1.29, 1.82) is 0 Å². The minimum absolute atomic E-state index is 0.812. The van der Waals surface area contributed by atoms with Crippen molar-refractivity contribution in [1.82, 2.24) is 5.17 Å². The normalized spacial score (nSPS) is 10.5. The van der Waals surface area contributed by atoms with Gasteiger partial charge in [0.15, 0.2) is 0 Å². The third-order valence-corrected chi connectivity index (χ3v) is 0.967. The molecule has 0 bridgehead atoms. The topological polar surface area (TPSA) is 38.5 Å². The molecule has 8 heavy (non-hydrogen) atoms. The largest absolute Gasteiger partial charge is 0.288 e. The first kappa shape index (κ1) is 7.88. The van der Waals surface area contributed by atoms with E-state index in [0.29, 0.717) is 0 Å². The van der Waals surface area contributed by atoms with E-state index in [-0.39, 0.29) is 0 Å². The van der Waals surface area contributed by atoms with Crippen LogP contribution in [-0.2, 0) is 4.84 Å². The van der Waals surface area contributed by atoms with Gasteiger partial charge in [0.2, 0.25) is 0 Å². The van der Waals surface area contributed by atoms with Crippen LogP contribution in [0.25, 0.3) is 0 Å². The second kappa shape index (κ2) is 5.03. The van der Waals surface area contributed by atoms with Crippen molar-refractivity contribution in [3.8, 4) is 0 Å². The maximum atomic E-state index is 5.27. The molecule has 0 aliphatic rings. The molecule has 0 radical (unpaired) electrons. The fraction of sp³-hybridized carbons (Fsp3) is 1.00. The van der Waals surface area contributed by atoms with Gasteiger partial charge < -0.3 is 0 Å². The van der Waals surface area contributed by atoms with Crippen LogP contribution in [0.3, 0.4) is 0 Å². The van der Waals surface area contributed by atoms with Crippen LogP contribution in [-0.4, -0.2) is 18.8 Å². The van der Waals surface area contributed by atoms with Crippen molar-refractivity contribution in [2.75, 3.05) is 13.7 Å². The quantitative estimate of drug-likeness (QED) is 0.432. The fourth-order valence-corrected chi connectivity index (χ4v) is 0.405. The third-order valence-electron chi connectivity index (χ3n) is 0.967. The summed E-state index contributed by atoms with van der Waals surface area (Å²) in [4.78, 5) is 4.66. The number of hydrazine groups is 1. The van der Waals surface area contributed by atoms with Crippen LogP contribution >= 0.6 is 0 Å². The van der Waals surface area contributed by atoms with Gasteiger partial charge in [-0.15, -0.1) is 5.17 Å². The van der Waals surface area contributed by atoms with E-state index < -0.39 is 0 Å². The summed E-state index contributed by atoms with van der Waals surface area (Å²) in [5, 5.41) is 1.34. The number of nitrogens with zero attached hydrogens (tertiary/aromatic N) is 1. The minimum atomic E-state index is 0.812. The van der Waals surface area contributed by atoms with Gasteiger partial charge in [-0.3, -0.25) is 4.84 Å². The standard InChI is InChI=1S/C5H14N2O/c1-3-4-5-7(6)8-2/h3-6H2,1-2H3. The Balaban J connectivity index is 2.86. The van der Waals surface area contributed by atoms with Gasteiger partial charge in [0.1, 0.15) is 0 Å². The SMILES string of the molecule is CCCCN(N)OC. The van der Waals surface area contributed by atoms with E-state index in [9.17, 15) is 0 Å². The molecule has 0 rings (SSSR count). The average Bonchev–Trinajstić information content (AvgIpc) is 1.83. The summed E-state index contributed by atoms with van der Waals surface area (Å²) >= 11 is 0. The number of hydrogen-bond donors (Lipinski definition) is 1. The summed E-state index contributed by atoms with van der Waals surface area (Å²) in [7, 11) is 1.57. The lowest BCUT2D eigenvalue weighted by atomic mass is 10.3. The molecule has 0 fully saturated rings. The highest BCUT2D eigenvalue weighted by molar-refractivity contribution is 4.33. The summed E-state index contributed by atoms with van der Waals surface area (Å²) in [5.74, 6) is 5.27.